The van der Waals surface area contributed by atoms with E-state index in [4.69, 9.17) is 0 Å². The number of fused-ring (bicyclic) bond motifs is 1. The van der Waals surface area contributed by atoms with Gasteiger partial charge >= 0.3 is 6.18 Å². The molecule has 0 spiro atoms. The van der Waals surface area contributed by atoms with E-state index in [-0.39, 0.29) is 23.6 Å². The van der Waals surface area contributed by atoms with Crippen molar-refractivity contribution < 1.29 is 17.6 Å². The molecule has 0 unspecified atom stereocenters. The number of aromatic amines is 1. The van der Waals surface area contributed by atoms with E-state index >= 15 is 0 Å². The van der Waals surface area contributed by atoms with Gasteiger partial charge in [-0.1, -0.05) is 18.2 Å². The zero-order chi connectivity index (χ0) is 21.3. The summed E-state index contributed by atoms with van der Waals surface area (Å²) in [5.74, 6) is -0.321. The number of para-hydroxylation sites is 1. The minimum atomic E-state index is -4.52. The van der Waals surface area contributed by atoms with E-state index in [9.17, 15) is 22.4 Å². The van der Waals surface area contributed by atoms with Crippen LogP contribution in [0.1, 0.15) is 11.1 Å². The van der Waals surface area contributed by atoms with Crippen LogP contribution in [0.2, 0.25) is 0 Å². The van der Waals surface area contributed by atoms with Gasteiger partial charge in [0, 0.05) is 29.5 Å². The van der Waals surface area contributed by atoms with Gasteiger partial charge in [-0.2, -0.15) is 13.2 Å². The zero-order valence-corrected chi connectivity index (χ0v) is 15.3. The Balaban J connectivity index is 1.87. The van der Waals surface area contributed by atoms with Gasteiger partial charge in [-0.15, -0.1) is 0 Å². The van der Waals surface area contributed by atoms with Crippen molar-refractivity contribution in [1.82, 2.24) is 15.0 Å². The van der Waals surface area contributed by atoms with E-state index < -0.39 is 23.1 Å². The summed E-state index contributed by atoms with van der Waals surface area (Å²) < 4.78 is 53.9. The van der Waals surface area contributed by atoms with E-state index in [1.165, 1.54) is 53.8 Å². The molecular formula is C21H14F4N4O. The van der Waals surface area contributed by atoms with Crippen LogP contribution < -0.4 is 10.5 Å². The third kappa shape index (κ3) is 3.86. The molecular weight excluding hydrogens is 400 g/mol. The normalized spacial score (nSPS) is 11.6. The summed E-state index contributed by atoms with van der Waals surface area (Å²) in [5.41, 5.74) is -0.684. The molecule has 2 heterocycles. The predicted octanol–water partition coefficient (Wildman–Crippen LogP) is 4.81. The number of benzene rings is 2. The quantitative estimate of drug-likeness (QED) is 0.487. The number of alkyl halides is 3. The maximum atomic E-state index is 14.2. The number of nitrogens with one attached hydrogen (secondary N) is 1. The van der Waals surface area contributed by atoms with E-state index in [0.29, 0.717) is 10.9 Å². The van der Waals surface area contributed by atoms with Crippen LogP contribution in [0.15, 0.2) is 71.9 Å². The van der Waals surface area contributed by atoms with Crippen LogP contribution in [0.25, 0.3) is 10.9 Å². The van der Waals surface area contributed by atoms with Gasteiger partial charge in [0.15, 0.2) is 5.82 Å². The van der Waals surface area contributed by atoms with Crippen LogP contribution in [0, 0.1) is 5.82 Å². The van der Waals surface area contributed by atoms with Gasteiger partial charge in [-0.3, -0.25) is 9.78 Å². The molecule has 2 aromatic heterocycles. The maximum absolute atomic E-state index is 14.2. The van der Waals surface area contributed by atoms with Gasteiger partial charge in [-0.05, 0) is 29.8 Å². The highest BCUT2D eigenvalue weighted by Gasteiger charge is 2.31. The Kier molecular flexibility index (Phi) is 4.94. The lowest BCUT2D eigenvalue weighted by Crippen LogP contribution is -2.20. The second kappa shape index (κ2) is 7.58. The third-order valence-electron chi connectivity index (χ3n) is 4.55. The molecule has 0 atom stereocenters. The molecule has 152 valence electrons. The smallest absolute Gasteiger partial charge is 0.321 e. The fraction of sp³-hybridized carbons (Fsp3) is 0.0952. The summed E-state index contributed by atoms with van der Waals surface area (Å²) >= 11 is 0. The van der Waals surface area contributed by atoms with E-state index in [1.807, 2.05) is 0 Å². The van der Waals surface area contributed by atoms with Crippen LogP contribution in [0.5, 0.6) is 0 Å². The Bertz CT molecular complexity index is 1260. The van der Waals surface area contributed by atoms with Gasteiger partial charge < -0.3 is 9.88 Å². The van der Waals surface area contributed by atoms with E-state index in [2.05, 4.69) is 15.0 Å². The second-order valence-corrected chi connectivity index (χ2v) is 6.52. The Morgan fingerprint density at radius 3 is 2.57 bits per heavy atom. The minimum absolute atomic E-state index is 0.0239. The van der Waals surface area contributed by atoms with Gasteiger partial charge in [0.2, 0.25) is 5.56 Å². The lowest BCUT2D eigenvalue weighted by molar-refractivity contribution is -0.137. The number of pyridine rings is 1. The van der Waals surface area contributed by atoms with Crippen molar-refractivity contribution in [2.45, 2.75) is 12.7 Å². The first-order chi connectivity index (χ1) is 14.3. The summed E-state index contributed by atoms with van der Waals surface area (Å²) in [7, 11) is 0. The number of anilines is 2. The summed E-state index contributed by atoms with van der Waals surface area (Å²) in [5, 5.41) is 0.440. The Labute approximate surface area is 167 Å². The molecule has 4 rings (SSSR count). The van der Waals surface area contributed by atoms with Crippen molar-refractivity contribution in [3.63, 3.8) is 0 Å². The summed E-state index contributed by atoms with van der Waals surface area (Å²) in [4.78, 5) is 24.2. The molecule has 9 heteroatoms. The third-order valence-corrected chi connectivity index (χ3v) is 4.55. The fourth-order valence-electron chi connectivity index (χ4n) is 3.20. The molecule has 0 saturated heterocycles. The number of hydrogen-bond donors (Lipinski definition) is 1. The molecule has 0 fully saturated rings. The van der Waals surface area contributed by atoms with Crippen LogP contribution in [0.3, 0.4) is 0 Å². The molecule has 0 aliphatic carbocycles. The number of rotatable bonds is 4. The molecule has 30 heavy (non-hydrogen) atoms. The first-order valence-electron chi connectivity index (χ1n) is 8.84. The fourth-order valence-corrected chi connectivity index (χ4v) is 3.20. The number of hydrogen-bond acceptors (Lipinski definition) is 4. The lowest BCUT2D eigenvalue weighted by atomic mass is 10.1. The monoisotopic (exact) mass is 414 g/mol. The first kappa shape index (κ1) is 19.6. The minimum Gasteiger partial charge on any atom is -0.321 e. The molecule has 4 aromatic rings. The Hall–Kier alpha value is -3.75. The first-order valence-corrected chi connectivity index (χ1v) is 8.84. The van der Waals surface area contributed by atoms with Crippen molar-refractivity contribution in [3.05, 3.63) is 94.4 Å². The summed E-state index contributed by atoms with van der Waals surface area (Å²) in [6, 6.07) is 10.4. The van der Waals surface area contributed by atoms with Crippen LogP contribution in [-0.2, 0) is 12.7 Å². The van der Waals surface area contributed by atoms with Crippen molar-refractivity contribution in [2.24, 2.45) is 0 Å². The van der Waals surface area contributed by atoms with E-state index in [0.717, 1.165) is 12.1 Å². The molecule has 2 aromatic carbocycles. The van der Waals surface area contributed by atoms with Gasteiger partial charge in [0.25, 0.3) is 0 Å². The summed E-state index contributed by atoms with van der Waals surface area (Å²) in [6.07, 6.45) is -0.280. The molecule has 5 nitrogen and oxygen atoms in total. The average Bonchev–Trinajstić information content (AvgIpc) is 2.73. The number of nitrogens with zero attached hydrogens (tertiary/aromatic N) is 3. The van der Waals surface area contributed by atoms with Gasteiger partial charge in [0.05, 0.1) is 23.8 Å². The lowest BCUT2D eigenvalue weighted by Gasteiger charge is -2.25. The maximum Gasteiger partial charge on any atom is 0.416 e. The van der Waals surface area contributed by atoms with Gasteiger partial charge in [0.1, 0.15) is 5.82 Å². The second-order valence-electron chi connectivity index (χ2n) is 6.52. The Morgan fingerprint density at radius 2 is 1.83 bits per heavy atom. The standard InChI is InChI=1S/C21H14F4N4O/c22-17-6-2-5-16-13(9-19(30)28-20(16)17)12-29(18-11-26-7-8-27-18)15-4-1-3-14(10-15)21(23,24)25/h1-11H,12H2,(H,28,30). The van der Waals surface area contributed by atoms with Crippen LogP contribution in [-0.4, -0.2) is 15.0 Å². The highest BCUT2D eigenvalue weighted by Crippen LogP contribution is 2.34. The Morgan fingerprint density at radius 1 is 1.03 bits per heavy atom. The molecule has 0 saturated carbocycles. The molecule has 0 aliphatic heterocycles. The predicted molar refractivity (Wildman–Crippen MR) is 104 cm³/mol. The number of halogens is 4. The molecule has 0 aliphatic rings. The molecule has 1 N–H and O–H groups in total. The SMILES string of the molecule is O=c1cc(CN(c2cccc(C(F)(F)F)c2)c2cnccn2)c2cccc(F)c2[nH]1. The van der Waals surface area contributed by atoms with Crippen molar-refractivity contribution in [3.8, 4) is 0 Å². The van der Waals surface area contributed by atoms with E-state index in [1.54, 1.807) is 6.07 Å². The highest BCUT2D eigenvalue weighted by molar-refractivity contribution is 5.83. The number of H-pyrrole nitrogens is 1. The van der Waals surface area contributed by atoms with Crippen LogP contribution >= 0.6 is 0 Å². The van der Waals surface area contributed by atoms with Crippen molar-refractivity contribution in [1.29, 1.82) is 0 Å². The largest absolute Gasteiger partial charge is 0.416 e. The molecule has 0 radical (unpaired) electrons. The molecule has 0 amide bonds. The number of aromatic nitrogens is 3. The van der Waals surface area contributed by atoms with Crippen LogP contribution in [0.4, 0.5) is 29.1 Å². The van der Waals surface area contributed by atoms with Crippen molar-refractivity contribution >= 4 is 22.4 Å². The molecule has 0 bridgehead atoms. The highest BCUT2D eigenvalue weighted by atomic mass is 19.4. The van der Waals surface area contributed by atoms with Gasteiger partial charge in [-0.25, -0.2) is 9.37 Å². The van der Waals surface area contributed by atoms with Crippen molar-refractivity contribution in [2.75, 3.05) is 4.90 Å². The topological polar surface area (TPSA) is 61.9 Å². The zero-order valence-electron chi connectivity index (χ0n) is 15.3. The average molecular weight is 414 g/mol. The summed E-state index contributed by atoms with van der Waals surface area (Å²) in [6.45, 7) is -0.0239.